The Morgan fingerprint density at radius 1 is 1.11 bits per heavy atom. The molecule has 28 heavy (non-hydrogen) atoms. The van der Waals surface area contributed by atoms with Gasteiger partial charge in [0.25, 0.3) is 0 Å². The number of thiocarbonyl (C=S) groups is 1. The summed E-state index contributed by atoms with van der Waals surface area (Å²) in [5.41, 5.74) is 0.732. The first-order valence-corrected chi connectivity index (χ1v) is 9.17. The van der Waals surface area contributed by atoms with Crippen LogP contribution in [-0.4, -0.2) is 76.6 Å². The van der Waals surface area contributed by atoms with E-state index in [2.05, 4.69) is 15.4 Å². The summed E-state index contributed by atoms with van der Waals surface area (Å²) in [6.07, 6.45) is -0.802. The van der Waals surface area contributed by atoms with Crippen molar-refractivity contribution < 1.29 is 33.2 Å². The largest absolute Gasteiger partial charge is 0.497 e. The van der Waals surface area contributed by atoms with Crippen molar-refractivity contribution >= 4 is 29.0 Å². The Labute approximate surface area is 168 Å². The lowest BCUT2D eigenvalue weighted by atomic mass is 10.1. The van der Waals surface area contributed by atoms with Crippen LogP contribution in [0.15, 0.2) is 18.2 Å². The standard InChI is InChI=1S/C18H24N2O7S/c1-22-11-4-10(5-12(6-11)23-2)19-18(28)20-13-7-26-17-14(8-27-16(13)17)25-9-15(21)24-3/h4-6,13-14,16-17H,7-9H2,1-3H3,(H2,19,20,28)/t13-,14+,16+,17+/m0/s1. The molecule has 1 aromatic rings. The number of esters is 1. The number of hydrogen-bond acceptors (Lipinski definition) is 8. The highest BCUT2D eigenvalue weighted by atomic mass is 32.1. The third kappa shape index (κ3) is 4.82. The topological polar surface area (TPSA) is 96.5 Å². The summed E-state index contributed by atoms with van der Waals surface area (Å²) >= 11 is 5.41. The maximum Gasteiger partial charge on any atom is 0.331 e. The molecule has 0 amide bonds. The van der Waals surface area contributed by atoms with E-state index >= 15 is 0 Å². The molecule has 0 aromatic heterocycles. The quantitative estimate of drug-likeness (QED) is 0.492. The summed E-state index contributed by atoms with van der Waals surface area (Å²) in [6, 6.07) is 5.27. The third-order valence-electron chi connectivity index (χ3n) is 4.58. The van der Waals surface area contributed by atoms with E-state index in [1.807, 2.05) is 12.1 Å². The molecule has 2 N–H and O–H groups in total. The Bertz CT molecular complexity index is 695. The number of nitrogens with one attached hydrogen (secondary N) is 2. The Kier molecular flexibility index (Phi) is 6.89. The van der Waals surface area contributed by atoms with E-state index in [0.29, 0.717) is 29.8 Å². The summed E-state index contributed by atoms with van der Waals surface area (Å²) in [4.78, 5) is 11.3. The first-order valence-electron chi connectivity index (χ1n) is 8.76. The number of ether oxygens (including phenoxy) is 6. The third-order valence-corrected chi connectivity index (χ3v) is 4.80. The van der Waals surface area contributed by atoms with Gasteiger partial charge in [-0.15, -0.1) is 0 Å². The highest BCUT2D eigenvalue weighted by molar-refractivity contribution is 7.80. The van der Waals surface area contributed by atoms with E-state index < -0.39 is 5.97 Å². The van der Waals surface area contributed by atoms with Gasteiger partial charge in [0.2, 0.25) is 0 Å². The smallest absolute Gasteiger partial charge is 0.331 e. The predicted octanol–water partition coefficient (Wildman–Crippen LogP) is 0.715. The van der Waals surface area contributed by atoms with Crippen LogP contribution in [0.1, 0.15) is 0 Å². The van der Waals surface area contributed by atoms with Crippen molar-refractivity contribution in [1.29, 1.82) is 0 Å². The highest BCUT2D eigenvalue weighted by Crippen LogP contribution is 2.29. The predicted molar refractivity (Wildman–Crippen MR) is 104 cm³/mol. The van der Waals surface area contributed by atoms with Gasteiger partial charge in [0.1, 0.15) is 36.4 Å². The Hall–Kier alpha value is -2.14. The normalized spacial score (nSPS) is 25.7. The van der Waals surface area contributed by atoms with Gasteiger partial charge in [0.05, 0.1) is 40.6 Å². The molecule has 2 heterocycles. The van der Waals surface area contributed by atoms with Gasteiger partial charge in [-0.05, 0) is 12.2 Å². The lowest BCUT2D eigenvalue weighted by Crippen LogP contribution is -2.46. The van der Waals surface area contributed by atoms with E-state index in [1.165, 1.54) is 7.11 Å². The van der Waals surface area contributed by atoms with Gasteiger partial charge >= 0.3 is 5.97 Å². The molecular formula is C18H24N2O7S. The second-order valence-electron chi connectivity index (χ2n) is 6.33. The van der Waals surface area contributed by atoms with Crippen LogP contribution >= 0.6 is 12.2 Å². The first-order chi connectivity index (χ1) is 13.5. The average Bonchev–Trinajstić information content (AvgIpc) is 3.28. The van der Waals surface area contributed by atoms with Crippen LogP contribution in [0, 0.1) is 0 Å². The van der Waals surface area contributed by atoms with Gasteiger partial charge in [-0.1, -0.05) is 0 Å². The SMILES string of the molecule is COC(=O)CO[C@@H]1CO[C@H]2[C@@H]1OC[C@@H]2NC(=S)Nc1cc(OC)cc(OC)c1. The Morgan fingerprint density at radius 2 is 1.79 bits per heavy atom. The maximum absolute atomic E-state index is 11.3. The van der Waals surface area contributed by atoms with Crippen molar-refractivity contribution in [2.24, 2.45) is 0 Å². The fourth-order valence-corrected chi connectivity index (χ4v) is 3.45. The molecule has 3 rings (SSSR count). The van der Waals surface area contributed by atoms with Gasteiger partial charge in [0.15, 0.2) is 5.11 Å². The summed E-state index contributed by atoms with van der Waals surface area (Å²) in [5, 5.41) is 6.75. The molecule has 2 aliphatic rings. The Balaban J connectivity index is 1.54. The maximum atomic E-state index is 11.3. The number of fused-ring (bicyclic) bond motifs is 1. The van der Waals surface area contributed by atoms with Crippen LogP contribution in [0.25, 0.3) is 0 Å². The molecule has 0 unspecified atom stereocenters. The molecule has 0 bridgehead atoms. The molecule has 0 aliphatic carbocycles. The minimum Gasteiger partial charge on any atom is -0.497 e. The van der Waals surface area contributed by atoms with Crippen molar-refractivity contribution in [1.82, 2.24) is 5.32 Å². The van der Waals surface area contributed by atoms with Gasteiger partial charge in [-0.2, -0.15) is 0 Å². The average molecular weight is 412 g/mol. The van der Waals surface area contributed by atoms with Crippen LogP contribution in [0.4, 0.5) is 5.69 Å². The summed E-state index contributed by atoms with van der Waals surface area (Å²) in [6.45, 7) is 0.626. The van der Waals surface area contributed by atoms with Gasteiger partial charge < -0.3 is 39.1 Å². The fraction of sp³-hybridized carbons (Fsp3) is 0.556. The molecular weight excluding hydrogens is 388 g/mol. The molecule has 2 saturated heterocycles. The monoisotopic (exact) mass is 412 g/mol. The molecule has 2 fully saturated rings. The van der Waals surface area contributed by atoms with E-state index in [4.69, 9.17) is 35.9 Å². The number of carbonyl (C=O) groups is 1. The second-order valence-corrected chi connectivity index (χ2v) is 6.74. The van der Waals surface area contributed by atoms with Gasteiger partial charge in [-0.3, -0.25) is 0 Å². The number of rotatable bonds is 7. The van der Waals surface area contributed by atoms with Crippen molar-refractivity contribution in [3.05, 3.63) is 18.2 Å². The molecule has 0 saturated carbocycles. The van der Waals surface area contributed by atoms with E-state index in [9.17, 15) is 4.79 Å². The van der Waals surface area contributed by atoms with Crippen molar-refractivity contribution in [3.63, 3.8) is 0 Å². The lowest BCUT2D eigenvalue weighted by Gasteiger charge is -2.20. The molecule has 4 atom stereocenters. The zero-order valence-corrected chi connectivity index (χ0v) is 16.7. The molecule has 0 spiro atoms. The number of hydrogen-bond donors (Lipinski definition) is 2. The van der Waals surface area contributed by atoms with E-state index in [1.54, 1.807) is 20.3 Å². The van der Waals surface area contributed by atoms with Crippen molar-refractivity contribution in [2.45, 2.75) is 24.4 Å². The lowest BCUT2D eigenvalue weighted by molar-refractivity contribution is -0.150. The van der Waals surface area contributed by atoms with Gasteiger partial charge in [-0.25, -0.2) is 4.79 Å². The molecule has 1 aromatic carbocycles. The minimum absolute atomic E-state index is 0.132. The minimum atomic E-state index is -0.435. The van der Waals surface area contributed by atoms with Crippen LogP contribution < -0.4 is 20.1 Å². The van der Waals surface area contributed by atoms with Crippen molar-refractivity contribution in [3.8, 4) is 11.5 Å². The first kappa shape index (κ1) is 20.6. The molecule has 154 valence electrons. The zero-order chi connectivity index (χ0) is 20.1. The van der Waals surface area contributed by atoms with Crippen LogP contribution in [0.5, 0.6) is 11.5 Å². The fourth-order valence-electron chi connectivity index (χ4n) is 3.18. The van der Waals surface area contributed by atoms with Crippen molar-refractivity contribution in [2.75, 3.05) is 46.5 Å². The summed E-state index contributed by atoms with van der Waals surface area (Å²) < 4.78 is 32.2. The zero-order valence-electron chi connectivity index (χ0n) is 15.9. The second kappa shape index (κ2) is 9.37. The highest BCUT2D eigenvalue weighted by Gasteiger charge is 2.48. The molecule has 0 radical (unpaired) electrons. The number of anilines is 1. The Morgan fingerprint density at radius 3 is 2.43 bits per heavy atom. The molecule has 10 heteroatoms. The van der Waals surface area contributed by atoms with E-state index in [-0.39, 0.29) is 31.0 Å². The van der Waals surface area contributed by atoms with Crippen LogP contribution in [0.3, 0.4) is 0 Å². The molecule has 9 nitrogen and oxygen atoms in total. The van der Waals surface area contributed by atoms with Crippen LogP contribution in [-0.2, 0) is 23.7 Å². The van der Waals surface area contributed by atoms with Crippen LogP contribution in [0.2, 0.25) is 0 Å². The number of methoxy groups -OCH3 is 3. The number of benzene rings is 1. The van der Waals surface area contributed by atoms with Gasteiger partial charge in [0, 0.05) is 23.9 Å². The summed E-state index contributed by atoms with van der Waals surface area (Å²) in [7, 11) is 4.49. The number of carbonyl (C=O) groups excluding carboxylic acids is 1. The van der Waals surface area contributed by atoms with E-state index in [0.717, 1.165) is 5.69 Å². The summed E-state index contributed by atoms with van der Waals surface area (Å²) in [5.74, 6) is 0.868. The molecule has 2 aliphatic heterocycles.